The summed E-state index contributed by atoms with van der Waals surface area (Å²) in [5.41, 5.74) is 0.496. The largest absolute Gasteiger partial charge is 0.447 e. The van der Waals surface area contributed by atoms with Crippen LogP contribution in [0.1, 0.15) is 18.4 Å². The second-order valence-corrected chi connectivity index (χ2v) is 9.87. The van der Waals surface area contributed by atoms with Crippen molar-refractivity contribution in [2.75, 3.05) is 45.2 Å². The summed E-state index contributed by atoms with van der Waals surface area (Å²) < 4.78 is 32.8. The van der Waals surface area contributed by atoms with Gasteiger partial charge in [-0.1, -0.05) is 23.7 Å². The molecular weight excluding hydrogens is 544 g/mol. The Balaban J connectivity index is 1.40. The highest BCUT2D eigenvalue weighted by molar-refractivity contribution is 6.31. The Morgan fingerprint density at radius 2 is 1.93 bits per heavy atom. The first-order chi connectivity index (χ1) is 19.2. The summed E-state index contributed by atoms with van der Waals surface area (Å²) in [5.74, 6) is -1.31. The normalized spacial score (nSPS) is 14.1. The second kappa shape index (κ2) is 13.5. The van der Waals surface area contributed by atoms with Gasteiger partial charge in [0.2, 0.25) is 11.8 Å². The van der Waals surface area contributed by atoms with E-state index in [1.54, 1.807) is 17.0 Å². The highest BCUT2D eigenvalue weighted by Crippen LogP contribution is 2.22. The molecule has 1 aliphatic heterocycles. The Morgan fingerprint density at radius 1 is 1.15 bits per heavy atom. The van der Waals surface area contributed by atoms with E-state index in [2.05, 4.69) is 15.6 Å². The van der Waals surface area contributed by atoms with Crippen LogP contribution >= 0.6 is 11.6 Å². The number of hydrogen-bond acceptors (Lipinski definition) is 6. The molecule has 3 amide bonds. The van der Waals surface area contributed by atoms with Crippen LogP contribution in [0.3, 0.4) is 0 Å². The van der Waals surface area contributed by atoms with Gasteiger partial charge in [0.05, 0.1) is 17.5 Å². The molecule has 1 fully saturated rings. The van der Waals surface area contributed by atoms with E-state index in [9.17, 15) is 23.2 Å². The van der Waals surface area contributed by atoms with E-state index in [0.29, 0.717) is 42.5 Å². The number of pyridine rings is 1. The molecule has 1 aromatic heterocycles. The maximum absolute atomic E-state index is 13.8. The predicted molar refractivity (Wildman–Crippen MR) is 147 cm³/mol. The van der Waals surface area contributed by atoms with E-state index in [4.69, 9.17) is 16.3 Å². The fourth-order valence-electron chi connectivity index (χ4n) is 4.41. The monoisotopic (exact) mass is 573 g/mol. The minimum atomic E-state index is -0.838. The Kier molecular flexibility index (Phi) is 9.84. The Morgan fingerprint density at radius 3 is 2.70 bits per heavy atom. The lowest BCUT2D eigenvalue weighted by Gasteiger charge is -2.32. The lowest BCUT2D eigenvalue weighted by molar-refractivity contribution is -0.137. The number of halogens is 3. The number of anilines is 1. The SMILES string of the molecule is CN(C(=O)CCc1cccc(F)c1Cl)[C@H](COC(=O)Nc1cc2cc(F)ccc2cn1)CC(=O)N1CCNCC1. The molecule has 3 aromatic rings. The number of likely N-dealkylation sites (N-methyl/N-ethyl adjacent to an activating group) is 1. The van der Waals surface area contributed by atoms with Crippen LogP contribution in [0.4, 0.5) is 19.4 Å². The third-order valence-electron chi connectivity index (χ3n) is 6.78. The Hall–Kier alpha value is -3.83. The molecule has 0 saturated carbocycles. The zero-order valence-electron chi connectivity index (χ0n) is 22.0. The van der Waals surface area contributed by atoms with Crippen molar-refractivity contribution in [3.05, 3.63) is 70.9 Å². The summed E-state index contributed by atoms with van der Waals surface area (Å²) in [6, 6.07) is 9.39. The van der Waals surface area contributed by atoms with E-state index in [-0.39, 0.29) is 48.5 Å². The zero-order valence-corrected chi connectivity index (χ0v) is 22.7. The molecule has 1 saturated heterocycles. The molecule has 0 radical (unpaired) electrons. The predicted octanol–water partition coefficient (Wildman–Crippen LogP) is 4.00. The third-order valence-corrected chi connectivity index (χ3v) is 7.20. The number of nitrogens with zero attached hydrogens (tertiary/aromatic N) is 3. The molecule has 40 heavy (non-hydrogen) atoms. The molecule has 1 atom stereocenters. The van der Waals surface area contributed by atoms with Crippen LogP contribution in [0.15, 0.2) is 48.7 Å². The summed E-state index contributed by atoms with van der Waals surface area (Å²) in [5, 5.41) is 6.90. The van der Waals surface area contributed by atoms with Gasteiger partial charge < -0.3 is 19.9 Å². The van der Waals surface area contributed by atoms with Crippen molar-refractivity contribution in [1.29, 1.82) is 0 Å². The van der Waals surface area contributed by atoms with E-state index in [0.717, 1.165) is 0 Å². The minimum absolute atomic E-state index is 0.0156. The third kappa shape index (κ3) is 7.64. The number of ether oxygens (including phenoxy) is 1. The number of benzene rings is 2. The average molecular weight is 574 g/mol. The summed E-state index contributed by atoms with van der Waals surface area (Å²) >= 11 is 6.02. The molecule has 2 aromatic carbocycles. The van der Waals surface area contributed by atoms with E-state index in [1.807, 2.05) is 0 Å². The second-order valence-electron chi connectivity index (χ2n) is 9.49. The van der Waals surface area contributed by atoms with Crippen LogP contribution in [0.2, 0.25) is 5.02 Å². The first-order valence-corrected chi connectivity index (χ1v) is 13.2. The van der Waals surface area contributed by atoms with Crippen LogP contribution < -0.4 is 10.6 Å². The molecule has 0 bridgehead atoms. The molecular formula is C28H30ClF2N5O4. The molecule has 0 aliphatic carbocycles. The molecule has 0 spiro atoms. The number of rotatable bonds is 9. The zero-order chi connectivity index (χ0) is 28.6. The number of carbonyl (C=O) groups is 3. The molecule has 0 unspecified atom stereocenters. The molecule has 9 nitrogen and oxygen atoms in total. The molecule has 2 heterocycles. The highest BCUT2D eigenvalue weighted by atomic mass is 35.5. The van der Waals surface area contributed by atoms with Gasteiger partial charge in [0.15, 0.2) is 0 Å². The van der Waals surface area contributed by atoms with Crippen LogP contribution in [0.5, 0.6) is 0 Å². The smallest absolute Gasteiger partial charge is 0.412 e. The van der Waals surface area contributed by atoms with Gasteiger partial charge in [0.25, 0.3) is 0 Å². The van der Waals surface area contributed by atoms with E-state index >= 15 is 0 Å². The lowest BCUT2D eigenvalue weighted by Crippen LogP contribution is -2.49. The fraction of sp³-hybridized carbons (Fsp3) is 0.357. The van der Waals surface area contributed by atoms with Gasteiger partial charge >= 0.3 is 6.09 Å². The number of piperazine rings is 1. The number of carbonyl (C=O) groups excluding carboxylic acids is 3. The Labute approximate surface area is 235 Å². The fourth-order valence-corrected chi connectivity index (χ4v) is 4.63. The van der Waals surface area contributed by atoms with Crippen LogP contribution in [0, 0.1) is 11.6 Å². The van der Waals surface area contributed by atoms with Crippen molar-refractivity contribution in [2.24, 2.45) is 0 Å². The van der Waals surface area contributed by atoms with Crippen molar-refractivity contribution in [1.82, 2.24) is 20.1 Å². The maximum atomic E-state index is 13.8. The number of nitrogens with one attached hydrogen (secondary N) is 2. The molecule has 212 valence electrons. The quantitative estimate of drug-likeness (QED) is 0.401. The molecule has 1 aliphatic rings. The lowest BCUT2D eigenvalue weighted by atomic mass is 10.1. The van der Waals surface area contributed by atoms with E-state index < -0.39 is 23.8 Å². The van der Waals surface area contributed by atoms with Crippen molar-refractivity contribution in [2.45, 2.75) is 25.3 Å². The Bertz CT molecular complexity index is 1390. The topological polar surface area (TPSA) is 104 Å². The van der Waals surface area contributed by atoms with Gasteiger partial charge in [-0.15, -0.1) is 0 Å². The van der Waals surface area contributed by atoms with Crippen molar-refractivity contribution in [3.8, 4) is 0 Å². The van der Waals surface area contributed by atoms with Crippen molar-refractivity contribution in [3.63, 3.8) is 0 Å². The van der Waals surface area contributed by atoms with E-state index in [1.165, 1.54) is 48.5 Å². The summed E-state index contributed by atoms with van der Waals surface area (Å²) in [6.45, 7) is 2.16. The van der Waals surface area contributed by atoms with Gasteiger partial charge in [-0.25, -0.2) is 18.6 Å². The van der Waals surface area contributed by atoms with Gasteiger partial charge in [0, 0.05) is 51.2 Å². The summed E-state index contributed by atoms with van der Waals surface area (Å²) in [6.07, 6.45) is 0.825. The van der Waals surface area contributed by atoms with Crippen LogP contribution in [0.25, 0.3) is 10.8 Å². The average Bonchev–Trinajstić information content (AvgIpc) is 2.95. The minimum Gasteiger partial charge on any atom is -0.447 e. The molecule has 4 rings (SSSR count). The molecule has 12 heteroatoms. The first kappa shape index (κ1) is 29.2. The number of fused-ring (bicyclic) bond motifs is 1. The maximum Gasteiger partial charge on any atom is 0.412 e. The first-order valence-electron chi connectivity index (χ1n) is 12.9. The number of amides is 3. The van der Waals surface area contributed by atoms with Gasteiger partial charge in [-0.3, -0.25) is 14.9 Å². The highest BCUT2D eigenvalue weighted by Gasteiger charge is 2.27. The van der Waals surface area contributed by atoms with Gasteiger partial charge in [0.1, 0.15) is 24.1 Å². The van der Waals surface area contributed by atoms with Crippen molar-refractivity contribution < 1.29 is 27.9 Å². The number of hydrogen-bond donors (Lipinski definition) is 2. The summed E-state index contributed by atoms with van der Waals surface area (Å²) in [7, 11) is 1.53. The van der Waals surface area contributed by atoms with Crippen molar-refractivity contribution >= 4 is 46.1 Å². The van der Waals surface area contributed by atoms with Crippen LogP contribution in [-0.4, -0.2) is 78.6 Å². The van der Waals surface area contributed by atoms with Gasteiger partial charge in [-0.05, 0) is 47.7 Å². The molecule has 2 N–H and O–H groups in total. The number of aryl methyl sites for hydroxylation is 1. The van der Waals surface area contributed by atoms with Gasteiger partial charge in [-0.2, -0.15) is 0 Å². The summed E-state index contributed by atoms with van der Waals surface area (Å²) in [4.78, 5) is 45.8. The standard InChI is InChI=1S/C28H30ClF2N5O4/c1-35(25(37)8-6-18-3-2-4-23(31)27(18)29)22(15-26(38)36-11-9-32-10-12-36)17-40-28(39)34-24-14-20-13-21(30)7-5-19(20)16-33-24/h2-5,7,13-14,16,22,32H,6,8-12,15,17H2,1H3,(H,33,34,39)/t22-/m0/s1. The van der Waals surface area contributed by atoms with Crippen LogP contribution in [-0.2, 0) is 20.7 Å². The number of aromatic nitrogens is 1.